The molecule has 1 aliphatic carbocycles. The van der Waals surface area contributed by atoms with Crippen molar-refractivity contribution in [1.82, 2.24) is 5.32 Å². The lowest BCUT2D eigenvalue weighted by atomic mass is 9.95. The van der Waals surface area contributed by atoms with E-state index in [1.54, 1.807) is 7.11 Å². The van der Waals surface area contributed by atoms with E-state index in [0.29, 0.717) is 0 Å². The number of aliphatic hydroxyl groups is 1. The maximum absolute atomic E-state index is 10.1. The zero-order valence-corrected chi connectivity index (χ0v) is 12.4. The highest BCUT2D eigenvalue weighted by Crippen LogP contribution is 2.29. The van der Waals surface area contributed by atoms with Crippen LogP contribution in [0.1, 0.15) is 38.2 Å². The molecule has 1 aromatic carbocycles. The summed E-state index contributed by atoms with van der Waals surface area (Å²) in [5.41, 5.74) is 1.10. The molecule has 1 aliphatic rings. The standard InChI is InChI=1S/C16H25NO3/c1-3-17-11-12-8-9-13(19-2)10-16(12)20-15-7-5-4-6-14(15)18/h8-10,14-15,17-18H,3-7,11H2,1-2H3. The second-order valence-corrected chi connectivity index (χ2v) is 5.26. The van der Waals surface area contributed by atoms with Gasteiger partial charge in [-0.2, -0.15) is 0 Å². The van der Waals surface area contributed by atoms with Gasteiger partial charge in [-0.05, 0) is 31.9 Å². The summed E-state index contributed by atoms with van der Waals surface area (Å²) in [5, 5.41) is 13.4. The maximum atomic E-state index is 10.1. The Kier molecular flexibility index (Phi) is 5.68. The molecule has 112 valence electrons. The molecule has 2 unspecified atom stereocenters. The minimum atomic E-state index is -0.359. The van der Waals surface area contributed by atoms with Gasteiger partial charge in [-0.1, -0.05) is 19.4 Å². The van der Waals surface area contributed by atoms with Crippen molar-refractivity contribution < 1.29 is 14.6 Å². The quantitative estimate of drug-likeness (QED) is 0.840. The van der Waals surface area contributed by atoms with Gasteiger partial charge in [0.05, 0.1) is 13.2 Å². The Labute approximate surface area is 121 Å². The Morgan fingerprint density at radius 3 is 2.80 bits per heavy atom. The summed E-state index contributed by atoms with van der Waals surface area (Å²) in [6.07, 6.45) is 3.49. The number of nitrogens with one attached hydrogen (secondary N) is 1. The van der Waals surface area contributed by atoms with Crippen LogP contribution in [-0.4, -0.2) is 31.0 Å². The lowest BCUT2D eigenvalue weighted by Gasteiger charge is -2.29. The normalized spacial score (nSPS) is 22.6. The van der Waals surface area contributed by atoms with Crippen molar-refractivity contribution >= 4 is 0 Å². The van der Waals surface area contributed by atoms with E-state index in [2.05, 4.69) is 12.2 Å². The van der Waals surface area contributed by atoms with E-state index in [4.69, 9.17) is 9.47 Å². The molecule has 0 spiro atoms. The topological polar surface area (TPSA) is 50.7 Å². The van der Waals surface area contributed by atoms with Crippen LogP contribution < -0.4 is 14.8 Å². The molecule has 2 atom stereocenters. The number of rotatable bonds is 6. The zero-order valence-electron chi connectivity index (χ0n) is 12.4. The van der Waals surface area contributed by atoms with Gasteiger partial charge in [0.2, 0.25) is 0 Å². The van der Waals surface area contributed by atoms with E-state index in [9.17, 15) is 5.11 Å². The Morgan fingerprint density at radius 1 is 1.30 bits per heavy atom. The first-order valence-corrected chi connectivity index (χ1v) is 7.47. The van der Waals surface area contributed by atoms with E-state index in [1.165, 1.54) is 0 Å². The molecular weight excluding hydrogens is 254 g/mol. The average molecular weight is 279 g/mol. The van der Waals surface area contributed by atoms with Gasteiger partial charge in [-0.3, -0.25) is 0 Å². The van der Waals surface area contributed by atoms with Gasteiger partial charge < -0.3 is 19.9 Å². The molecule has 0 aromatic heterocycles. The minimum Gasteiger partial charge on any atom is -0.497 e. The fourth-order valence-corrected chi connectivity index (χ4v) is 2.56. The van der Waals surface area contributed by atoms with E-state index in [-0.39, 0.29) is 12.2 Å². The van der Waals surface area contributed by atoms with Crippen molar-refractivity contribution in [2.45, 2.75) is 51.4 Å². The van der Waals surface area contributed by atoms with Crippen LogP contribution in [0.5, 0.6) is 11.5 Å². The predicted octanol–water partition coefficient (Wildman–Crippen LogP) is 2.49. The van der Waals surface area contributed by atoms with Crippen molar-refractivity contribution in [1.29, 1.82) is 0 Å². The van der Waals surface area contributed by atoms with Crippen LogP contribution in [0.15, 0.2) is 18.2 Å². The molecule has 20 heavy (non-hydrogen) atoms. The van der Waals surface area contributed by atoms with Gasteiger partial charge >= 0.3 is 0 Å². The Bertz CT molecular complexity index is 422. The molecule has 0 heterocycles. The minimum absolute atomic E-state index is 0.101. The molecule has 2 rings (SSSR count). The Hall–Kier alpha value is -1.26. The fourth-order valence-electron chi connectivity index (χ4n) is 2.56. The lowest BCUT2D eigenvalue weighted by molar-refractivity contribution is 0.00626. The molecule has 2 N–H and O–H groups in total. The summed E-state index contributed by atoms with van der Waals surface area (Å²) >= 11 is 0. The van der Waals surface area contributed by atoms with Gasteiger partial charge in [0, 0.05) is 18.2 Å². The summed E-state index contributed by atoms with van der Waals surface area (Å²) in [5.74, 6) is 1.60. The lowest BCUT2D eigenvalue weighted by Crippen LogP contribution is -2.35. The van der Waals surface area contributed by atoms with E-state index in [0.717, 1.165) is 55.8 Å². The molecule has 0 radical (unpaired) electrons. The molecule has 1 saturated carbocycles. The number of hydrogen-bond acceptors (Lipinski definition) is 4. The van der Waals surface area contributed by atoms with Crippen LogP contribution in [0.25, 0.3) is 0 Å². The van der Waals surface area contributed by atoms with Crippen LogP contribution in [-0.2, 0) is 6.54 Å². The third-order valence-corrected chi connectivity index (χ3v) is 3.79. The Balaban J connectivity index is 2.13. The molecular formula is C16H25NO3. The van der Waals surface area contributed by atoms with Gasteiger partial charge in [0.1, 0.15) is 17.6 Å². The van der Waals surface area contributed by atoms with Gasteiger partial charge in [-0.15, -0.1) is 0 Å². The van der Waals surface area contributed by atoms with Crippen LogP contribution in [0.2, 0.25) is 0 Å². The largest absolute Gasteiger partial charge is 0.497 e. The first-order chi connectivity index (χ1) is 9.74. The number of methoxy groups -OCH3 is 1. The maximum Gasteiger partial charge on any atom is 0.128 e. The summed E-state index contributed by atoms with van der Waals surface area (Å²) < 4.78 is 11.3. The second-order valence-electron chi connectivity index (χ2n) is 5.26. The zero-order chi connectivity index (χ0) is 14.4. The van der Waals surface area contributed by atoms with Gasteiger partial charge in [0.25, 0.3) is 0 Å². The van der Waals surface area contributed by atoms with Crippen LogP contribution >= 0.6 is 0 Å². The first kappa shape index (κ1) is 15.1. The molecule has 1 fully saturated rings. The monoisotopic (exact) mass is 279 g/mol. The molecule has 0 saturated heterocycles. The van der Waals surface area contributed by atoms with E-state index in [1.807, 2.05) is 18.2 Å². The molecule has 4 nitrogen and oxygen atoms in total. The van der Waals surface area contributed by atoms with Crippen molar-refractivity contribution in [2.24, 2.45) is 0 Å². The third-order valence-electron chi connectivity index (χ3n) is 3.79. The summed E-state index contributed by atoms with van der Waals surface area (Å²) in [4.78, 5) is 0. The number of aliphatic hydroxyl groups excluding tert-OH is 1. The van der Waals surface area contributed by atoms with E-state index >= 15 is 0 Å². The number of ether oxygens (including phenoxy) is 2. The molecule has 1 aromatic rings. The molecule has 0 aliphatic heterocycles. The number of benzene rings is 1. The van der Waals surface area contributed by atoms with E-state index < -0.39 is 0 Å². The summed E-state index contributed by atoms with van der Waals surface area (Å²) in [6.45, 7) is 3.76. The SMILES string of the molecule is CCNCc1ccc(OC)cc1OC1CCCCC1O. The first-order valence-electron chi connectivity index (χ1n) is 7.47. The molecule has 0 bridgehead atoms. The third kappa shape index (κ3) is 3.87. The Morgan fingerprint density at radius 2 is 2.10 bits per heavy atom. The highest BCUT2D eigenvalue weighted by molar-refractivity contribution is 5.41. The van der Waals surface area contributed by atoms with Gasteiger partial charge in [0.15, 0.2) is 0 Å². The van der Waals surface area contributed by atoms with Crippen LogP contribution in [0, 0.1) is 0 Å². The average Bonchev–Trinajstić information content (AvgIpc) is 2.48. The van der Waals surface area contributed by atoms with Crippen molar-refractivity contribution in [3.05, 3.63) is 23.8 Å². The second kappa shape index (κ2) is 7.50. The number of hydrogen-bond donors (Lipinski definition) is 2. The smallest absolute Gasteiger partial charge is 0.128 e. The summed E-state index contributed by atoms with van der Waals surface area (Å²) in [7, 11) is 1.65. The molecule has 0 amide bonds. The summed E-state index contributed by atoms with van der Waals surface area (Å²) in [6, 6.07) is 5.87. The van der Waals surface area contributed by atoms with Crippen LogP contribution in [0.3, 0.4) is 0 Å². The van der Waals surface area contributed by atoms with Crippen LogP contribution in [0.4, 0.5) is 0 Å². The molecule has 4 heteroatoms. The highest BCUT2D eigenvalue weighted by atomic mass is 16.5. The van der Waals surface area contributed by atoms with Crippen molar-refractivity contribution in [2.75, 3.05) is 13.7 Å². The van der Waals surface area contributed by atoms with Gasteiger partial charge in [-0.25, -0.2) is 0 Å². The fraction of sp³-hybridized carbons (Fsp3) is 0.625. The van der Waals surface area contributed by atoms with Crippen molar-refractivity contribution in [3.8, 4) is 11.5 Å². The van der Waals surface area contributed by atoms with Crippen molar-refractivity contribution in [3.63, 3.8) is 0 Å². The highest BCUT2D eigenvalue weighted by Gasteiger charge is 2.25. The predicted molar refractivity (Wildman–Crippen MR) is 79.3 cm³/mol.